The van der Waals surface area contributed by atoms with Gasteiger partial charge in [-0.1, -0.05) is 30.7 Å². The number of halogens is 1. The molecule has 0 aromatic heterocycles. The molecule has 25 heavy (non-hydrogen) atoms. The number of aryl methyl sites for hydroxylation is 3. The molecule has 132 valence electrons. The largest absolute Gasteiger partial charge is 0.481 e. The predicted molar refractivity (Wildman–Crippen MR) is 103 cm³/mol. The van der Waals surface area contributed by atoms with Crippen LogP contribution in [0.3, 0.4) is 0 Å². The molecular formula is C21H24ClNO2. The molecule has 1 amide bonds. The van der Waals surface area contributed by atoms with E-state index in [1.165, 1.54) is 24.0 Å². The summed E-state index contributed by atoms with van der Waals surface area (Å²) in [5.41, 5.74) is 4.43. The summed E-state index contributed by atoms with van der Waals surface area (Å²) in [7, 11) is 0. The van der Waals surface area contributed by atoms with Crippen LogP contribution in [0, 0.1) is 6.92 Å². The van der Waals surface area contributed by atoms with E-state index in [0.29, 0.717) is 17.1 Å². The smallest absolute Gasteiger partial charge is 0.265 e. The molecule has 1 aliphatic rings. The Balaban J connectivity index is 1.69. The molecule has 0 saturated carbocycles. The lowest BCUT2D eigenvalue weighted by Gasteiger charge is -2.20. The van der Waals surface area contributed by atoms with Crippen molar-refractivity contribution in [3.05, 3.63) is 58.1 Å². The highest BCUT2D eigenvalue weighted by Crippen LogP contribution is 2.26. The zero-order valence-corrected chi connectivity index (χ0v) is 15.5. The zero-order chi connectivity index (χ0) is 17.8. The Morgan fingerprint density at radius 2 is 1.92 bits per heavy atom. The summed E-state index contributed by atoms with van der Waals surface area (Å²) in [6.45, 7) is 3.88. The quantitative estimate of drug-likeness (QED) is 0.786. The van der Waals surface area contributed by atoms with E-state index in [-0.39, 0.29) is 5.91 Å². The topological polar surface area (TPSA) is 38.3 Å². The van der Waals surface area contributed by atoms with Crippen LogP contribution in [0.5, 0.6) is 5.75 Å². The van der Waals surface area contributed by atoms with Gasteiger partial charge in [0.25, 0.3) is 5.91 Å². The lowest BCUT2D eigenvalue weighted by molar-refractivity contribution is -0.122. The Hall–Kier alpha value is -2.00. The third kappa shape index (κ3) is 4.35. The van der Waals surface area contributed by atoms with Crippen LogP contribution >= 0.6 is 11.6 Å². The monoisotopic (exact) mass is 357 g/mol. The van der Waals surface area contributed by atoms with Crippen molar-refractivity contribution in [2.45, 2.75) is 52.1 Å². The van der Waals surface area contributed by atoms with Crippen LogP contribution in [0.25, 0.3) is 0 Å². The first-order chi connectivity index (χ1) is 12.1. The van der Waals surface area contributed by atoms with Crippen LogP contribution in [0.15, 0.2) is 36.4 Å². The number of carbonyl (C=O) groups excluding carboxylic acids is 1. The lowest BCUT2D eigenvalue weighted by atomic mass is 9.92. The lowest BCUT2D eigenvalue weighted by Crippen LogP contribution is -2.32. The van der Waals surface area contributed by atoms with E-state index in [1.54, 1.807) is 6.07 Å². The van der Waals surface area contributed by atoms with Gasteiger partial charge in [-0.2, -0.15) is 0 Å². The third-order valence-corrected chi connectivity index (χ3v) is 5.11. The van der Waals surface area contributed by atoms with E-state index < -0.39 is 6.10 Å². The van der Waals surface area contributed by atoms with Gasteiger partial charge in [0.1, 0.15) is 5.75 Å². The Bertz CT molecular complexity index is 772. The molecule has 3 rings (SSSR count). The number of ether oxygens (including phenoxy) is 1. The summed E-state index contributed by atoms with van der Waals surface area (Å²) in [5.74, 6) is 0.615. The molecule has 0 unspecified atom stereocenters. The highest BCUT2D eigenvalue weighted by atomic mass is 35.5. The predicted octanol–water partition coefficient (Wildman–Crippen LogP) is 5.32. The maximum atomic E-state index is 12.6. The fourth-order valence-electron chi connectivity index (χ4n) is 3.16. The molecule has 2 aromatic rings. The summed E-state index contributed by atoms with van der Waals surface area (Å²) in [6, 6.07) is 11.7. The van der Waals surface area contributed by atoms with E-state index in [4.69, 9.17) is 16.3 Å². The number of rotatable bonds is 5. The van der Waals surface area contributed by atoms with Crippen molar-refractivity contribution in [2.75, 3.05) is 5.32 Å². The summed E-state index contributed by atoms with van der Waals surface area (Å²) in [4.78, 5) is 12.6. The molecule has 0 spiro atoms. The highest BCUT2D eigenvalue weighted by molar-refractivity contribution is 6.31. The van der Waals surface area contributed by atoms with Gasteiger partial charge >= 0.3 is 0 Å². The van der Waals surface area contributed by atoms with E-state index >= 15 is 0 Å². The first-order valence-corrected chi connectivity index (χ1v) is 9.30. The average Bonchev–Trinajstić information content (AvgIpc) is 2.62. The molecule has 1 aliphatic carbocycles. The average molecular weight is 358 g/mol. The summed E-state index contributed by atoms with van der Waals surface area (Å²) in [6.07, 6.45) is 4.79. The molecule has 2 aromatic carbocycles. The van der Waals surface area contributed by atoms with Crippen molar-refractivity contribution >= 4 is 23.2 Å². The van der Waals surface area contributed by atoms with Crippen LogP contribution in [0.1, 0.15) is 42.9 Å². The van der Waals surface area contributed by atoms with Crippen LogP contribution < -0.4 is 10.1 Å². The molecule has 0 fully saturated rings. The van der Waals surface area contributed by atoms with Crippen LogP contribution in [0.2, 0.25) is 5.02 Å². The van der Waals surface area contributed by atoms with Crippen molar-refractivity contribution in [3.8, 4) is 5.75 Å². The van der Waals surface area contributed by atoms with Crippen molar-refractivity contribution in [3.63, 3.8) is 0 Å². The van der Waals surface area contributed by atoms with Gasteiger partial charge < -0.3 is 10.1 Å². The van der Waals surface area contributed by atoms with Crippen molar-refractivity contribution in [1.82, 2.24) is 0 Å². The van der Waals surface area contributed by atoms with Gasteiger partial charge in [0.2, 0.25) is 0 Å². The Labute approximate surface area is 154 Å². The first-order valence-electron chi connectivity index (χ1n) is 8.92. The summed E-state index contributed by atoms with van der Waals surface area (Å²) < 4.78 is 5.97. The number of hydrogen-bond donors (Lipinski definition) is 1. The molecule has 3 nitrogen and oxygen atoms in total. The minimum Gasteiger partial charge on any atom is -0.481 e. The molecule has 0 saturated heterocycles. The molecule has 0 aliphatic heterocycles. The number of fused-ring (bicyclic) bond motifs is 1. The van der Waals surface area contributed by atoms with E-state index in [1.807, 2.05) is 32.0 Å². The van der Waals surface area contributed by atoms with E-state index in [0.717, 1.165) is 24.2 Å². The molecule has 4 heteroatoms. The Morgan fingerprint density at radius 3 is 2.64 bits per heavy atom. The summed E-state index contributed by atoms with van der Waals surface area (Å²) >= 11 is 6.13. The van der Waals surface area contributed by atoms with Gasteiger partial charge in [-0.15, -0.1) is 0 Å². The number of carbonyl (C=O) groups is 1. The van der Waals surface area contributed by atoms with Gasteiger partial charge in [-0.25, -0.2) is 0 Å². The molecular weight excluding hydrogens is 334 g/mol. The highest BCUT2D eigenvalue weighted by Gasteiger charge is 2.20. The Morgan fingerprint density at radius 1 is 1.16 bits per heavy atom. The fourth-order valence-corrected chi connectivity index (χ4v) is 3.34. The summed E-state index contributed by atoms with van der Waals surface area (Å²) in [5, 5.41) is 3.54. The third-order valence-electron chi connectivity index (χ3n) is 4.70. The van der Waals surface area contributed by atoms with Gasteiger partial charge in [0, 0.05) is 10.7 Å². The standard InChI is InChI=1S/C21H24ClNO2/c1-3-20(21(24)23-17-10-8-14(2)19(22)13-17)25-18-11-9-15-6-4-5-7-16(15)12-18/h8-13,20H,3-7H2,1-2H3,(H,23,24)/t20-/m1/s1. The molecule has 0 heterocycles. The molecule has 1 N–H and O–H groups in total. The van der Waals surface area contributed by atoms with Crippen LogP contribution in [-0.4, -0.2) is 12.0 Å². The fraction of sp³-hybridized carbons (Fsp3) is 0.381. The van der Waals surface area contributed by atoms with E-state index in [9.17, 15) is 4.79 Å². The number of anilines is 1. The van der Waals surface area contributed by atoms with E-state index in [2.05, 4.69) is 17.4 Å². The van der Waals surface area contributed by atoms with Gasteiger partial charge in [0.05, 0.1) is 0 Å². The molecule has 1 atom stereocenters. The number of benzene rings is 2. The van der Waals surface area contributed by atoms with Gasteiger partial charge in [-0.3, -0.25) is 4.79 Å². The minimum atomic E-state index is -0.526. The SMILES string of the molecule is CC[C@@H](Oc1ccc2c(c1)CCCC2)C(=O)Nc1ccc(C)c(Cl)c1. The second kappa shape index (κ2) is 7.92. The molecule has 0 radical (unpaired) electrons. The van der Waals surface area contributed by atoms with Crippen molar-refractivity contribution < 1.29 is 9.53 Å². The molecule has 0 bridgehead atoms. The second-order valence-electron chi connectivity index (χ2n) is 6.61. The number of amides is 1. The maximum absolute atomic E-state index is 12.6. The van der Waals surface area contributed by atoms with Crippen LogP contribution in [0.4, 0.5) is 5.69 Å². The first kappa shape index (κ1) is 17.8. The van der Waals surface area contributed by atoms with Crippen molar-refractivity contribution in [1.29, 1.82) is 0 Å². The second-order valence-corrected chi connectivity index (χ2v) is 7.01. The Kier molecular flexibility index (Phi) is 5.64. The normalized spacial score (nSPS) is 14.5. The zero-order valence-electron chi connectivity index (χ0n) is 14.8. The number of hydrogen-bond acceptors (Lipinski definition) is 2. The van der Waals surface area contributed by atoms with Crippen molar-refractivity contribution in [2.24, 2.45) is 0 Å². The van der Waals surface area contributed by atoms with Gasteiger partial charge in [0.15, 0.2) is 6.10 Å². The maximum Gasteiger partial charge on any atom is 0.265 e. The van der Waals surface area contributed by atoms with Crippen LogP contribution in [-0.2, 0) is 17.6 Å². The van der Waals surface area contributed by atoms with Gasteiger partial charge in [-0.05, 0) is 80.0 Å². The minimum absolute atomic E-state index is 0.153. The number of nitrogens with one attached hydrogen (secondary N) is 1.